The van der Waals surface area contributed by atoms with Crippen LogP contribution < -0.4 is 11.1 Å². The summed E-state index contributed by atoms with van der Waals surface area (Å²) in [7, 11) is 0. The molecule has 1 heterocycles. The molecular formula is C11H14N4. The van der Waals surface area contributed by atoms with Gasteiger partial charge in [-0.05, 0) is 18.6 Å². The van der Waals surface area contributed by atoms with Gasteiger partial charge in [-0.25, -0.2) is 0 Å². The van der Waals surface area contributed by atoms with Crippen molar-refractivity contribution in [2.45, 2.75) is 6.42 Å². The number of rotatable bonds is 4. The monoisotopic (exact) mass is 202 g/mol. The number of nitrogens with one attached hydrogen (secondary N) is 2. The van der Waals surface area contributed by atoms with E-state index < -0.39 is 0 Å². The number of aromatic amines is 1. The van der Waals surface area contributed by atoms with Gasteiger partial charge in [0.2, 0.25) is 0 Å². The molecule has 0 aliphatic heterocycles. The molecular weight excluding hydrogens is 188 g/mol. The van der Waals surface area contributed by atoms with Gasteiger partial charge in [0.15, 0.2) is 0 Å². The van der Waals surface area contributed by atoms with E-state index in [0.717, 1.165) is 35.2 Å². The van der Waals surface area contributed by atoms with Gasteiger partial charge < -0.3 is 11.1 Å². The largest absolute Gasteiger partial charge is 0.397 e. The van der Waals surface area contributed by atoms with Crippen LogP contribution in [0.5, 0.6) is 0 Å². The Morgan fingerprint density at radius 2 is 2.40 bits per heavy atom. The van der Waals surface area contributed by atoms with Crippen LogP contribution >= 0.6 is 0 Å². The second-order valence-corrected chi connectivity index (χ2v) is 3.40. The summed E-state index contributed by atoms with van der Waals surface area (Å²) in [5.41, 5.74) is 8.57. The summed E-state index contributed by atoms with van der Waals surface area (Å²) in [6.45, 7) is 4.51. The average molecular weight is 202 g/mol. The molecule has 4 nitrogen and oxygen atoms in total. The lowest BCUT2D eigenvalue weighted by Crippen LogP contribution is -2.03. The molecule has 0 aliphatic rings. The van der Waals surface area contributed by atoms with Gasteiger partial charge in [0.1, 0.15) is 0 Å². The van der Waals surface area contributed by atoms with Crippen LogP contribution in [0, 0.1) is 0 Å². The predicted octanol–water partition coefficient (Wildman–Crippen LogP) is 2.13. The van der Waals surface area contributed by atoms with E-state index in [0.29, 0.717) is 0 Å². The highest BCUT2D eigenvalue weighted by molar-refractivity contribution is 5.88. The van der Waals surface area contributed by atoms with E-state index in [1.54, 1.807) is 6.20 Å². The minimum absolute atomic E-state index is 0.743. The molecule has 0 spiro atoms. The fraction of sp³-hybridized carbons (Fsp3) is 0.182. The van der Waals surface area contributed by atoms with E-state index >= 15 is 0 Å². The van der Waals surface area contributed by atoms with E-state index in [2.05, 4.69) is 22.1 Å². The van der Waals surface area contributed by atoms with Gasteiger partial charge in [0, 0.05) is 11.9 Å². The second kappa shape index (κ2) is 4.04. The summed E-state index contributed by atoms with van der Waals surface area (Å²) in [6, 6.07) is 3.88. The van der Waals surface area contributed by atoms with E-state index in [-0.39, 0.29) is 0 Å². The van der Waals surface area contributed by atoms with Gasteiger partial charge in [-0.1, -0.05) is 6.08 Å². The zero-order valence-electron chi connectivity index (χ0n) is 8.46. The smallest absolute Gasteiger partial charge is 0.0672 e. The number of anilines is 2. The second-order valence-electron chi connectivity index (χ2n) is 3.40. The van der Waals surface area contributed by atoms with E-state index in [9.17, 15) is 0 Å². The van der Waals surface area contributed by atoms with Crippen molar-refractivity contribution in [2.75, 3.05) is 17.6 Å². The minimum Gasteiger partial charge on any atom is -0.397 e. The number of hydrogen-bond donors (Lipinski definition) is 3. The SMILES string of the molecule is C=CCCNc1cc2[nH]ncc2cc1N. The van der Waals surface area contributed by atoms with E-state index in [4.69, 9.17) is 5.73 Å². The van der Waals surface area contributed by atoms with Gasteiger partial charge in [-0.2, -0.15) is 5.10 Å². The third kappa shape index (κ3) is 1.93. The average Bonchev–Trinajstić information content (AvgIpc) is 2.65. The third-order valence-electron chi connectivity index (χ3n) is 2.27. The molecule has 15 heavy (non-hydrogen) atoms. The van der Waals surface area contributed by atoms with Crippen molar-refractivity contribution < 1.29 is 0 Å². The van der Waals surface area contributed by atoms with Crippen LogP contribution in [0.15, 0.2) is 31.0 Å². The molecule has 0 radical (unpaired) electrons. The number of fused-ring (bicyclic) bond motifs is 1. The number of nitrogens with two attached hydrogens (primary N) is 1. The summed E-state index contributed by atoms with van der Waals surface area (Å²) in [6.07, 6.45) is 4.55. The summed E-state index contributed by atoms with van der Waals surface area (Å²) < 4.78 is 0. The Morgan fingerprint density at radius 1 is 1.53 bits per heavy atom. The minimum atomic E-state index is 0.743. The maximum atomic E-state index is 5.90. The maximum absolute atomic E-state index is 5.90. The lowest BCUT2D eigenvalue weighted by molar-refractivity contribution is 1.07. The molecule has 1 aromatic heterocycles. The molecule has 0 bridgehead atoms. The molecule has 0 atom stereocenters. The molecule has 4 N–H and O–H groups in total. The first kappa shape index (κ1) is 9.58. The Morgan fingerprint density at radius 3 is 3.20 bits per heavy atom. The number of aromatic nitrogens is 2. The number of hydrogen-bond acceptors (Lipinski definition) is 3. The summed E-state index contributed by atoms with van der Waals surface area (Å²) >= 11 is 0. The van der Waals surface area contributed by atoms with Crippen molar-refractivity contribution in [3.63, 3.8) is 0 Å². The zero-order chi connectivity index (χ0) is 10.7. The Kier molecular flexibility index (Phi) is 2.58. The van der Waals surface area contributed by atoms with Crippen molar-refractivity contribution in [3.8, 4) is 0 Å². The summed E-state index contributed by atoms with van der Waals surface area (Å²) in [5, 5.41) is 11.1. The highest BCUT2D eigenvalue weighted by Crippen LogP contribution is 2.24. The topological polar surface area (TPSA) is 66.7 Å². The van der Waals surface area contributed by atoms with Gasteiger partial charge in [0.25, 0.3) is 0 Å². The first-order valence-corrected chi connectivity index (χ1v) is 4.88. The first-order chi connectivity index (χ1) is 7.31. The normalized spacial score (nSPS) is 10.4. The van der Waals surface area contributed by atoms with Crippen molar-refractivity contribution >= 4 is 22.3 Å². The highest BCUT2D eigenvalue weighted by atomic mass is 15.1. The number of nitrogens with zero attached hydrogens (tertiary/aromatic N) is 1. The number of H-pyrrole nitrogens is 1. The quantitative estimate of drug-likeness (QED) is 0.404. The van der Waals surface area contributed by atoms with Crippen molar-refractivity contribution in [1.82, 2.24) is 10.2 Å². The Labute approximate surface area is 88.2 Å². The number of nitrogen functional groups attached to an aromatic ring is 1. The van der Waals surface area contributed by atoms with Crippen molar-refractivity contribution in [2.24, 2.45) is 0 Å². The number of benzene rings is 1. The van der Waals surface area contributed by atoms with Crippen LogP contribution in [0.1, 0.15) is 6.42 Å². The van der Waals surface area contributed by atoms with E-state index in [1.807, 2.05) is 18.2 Å². The van der Waals surface area contributed by atoms with Gasteiger partial charge in [-0.3, -0.25) is 5.10 Å². The van der Waals surface area contributed by atoms with Crippen molar-refractivity contribution in [1.29, 1.82) is 0 Å². The molecule has 0 amide bonds. The van der Waals surface area contributed by atoms with E-state index in [1.165, 1.54) is 0 Å². The van der Waals surface area contributed by atoms with Gasteiger partial charge in [0.05, 0.1) is 23.1 Å². The van der Waals surface area contributed by atoms with Crippen LogP contribution in [0.4, 0.5) is 11.4 Å². The van der Waals surface area contributed by atoms with Crippen LogP contribution in [0.2, 0.25) is 0 Å². The highest BCUT2D eigenvalue weighted by Gasteiger charge is 2.02. The fourth-order valence-corrected chi connectivity index (χ4v) is 1.47. The van der Waals surface area contributed by atoms with Crippen LogP contribution in [0.25, 0.3) is 10.9 Å². The fourth-order valence-electron chi connectivity index (χ4n) is 1.47. The molecule has 0 unspecified atom stereocenters. The standard InChI is InChI=1S/C11H14N4/c1-2-3-4-13-11-6-10-8(5-9(11)12)7-14-15-10/h2,5-7,13H,1,3-4,12H2,(H,14,15). The van der Waals surface area contributed by atoms with Crippen molar-refractivity contribution in [3.05, 3.63) is 31.0 Å². The lowest BCUT2D eigenvalue weighted by Gasteiger charge is -2.07. The van der Waals surface area contributed by atoms with Gasteiger partial charge in [-0.15, -0.1) is 6.58 Å². The zero-order valence-corrected chi connectivity index (χ0v) is 8.46. The molecule has 0 fully saturated rings. The van der Waals surface area contributed by atoms with Crippen LogP contribution in [0.3, 0.4) is 0 Å². The Balaban J connectivity index is 2.25. The Bertz CT molecular complexity index is 472. The molecule has 4 heteroatoms. The molecule has 1 aromatic carbocycles. The molecule has 0 saturated heterocycles. The summed E-state index contributed by atoms with van der Waals surface area (Å²) in [5.74, 6) is 0. The lowest BCUT2D eigenvalue weighted by atomic mass is 10.2. The first-order valence-electron chi connectivity index (χ1n) is 4.88. The third-order valence-corrected chi connectivity index (χ3v) is 2.27. The van der Waals surface area contributed by atoms with Gasteiger partial charge >= 0.3 is 0 Å². The van der Waals surface area contributed by atoms with Crippen LogP contribution in [-0.2, 0) is 0 Å². The predicted molar refractivity (Wildman–Crippen MR) is 63.8 cm³/mol. The molecule has 0 saturated carbocycles. The molecule has 0 aliphatic carbocycles. The van der Waals surface area contributed by atoms with Crippen LogP contribution in [-0.4, -0.2) is 16.7 Å². The maximum Gasteiger partial charge on any atom is 0.0672 e. The Hall–Kier alpha value is -1.97. The molecule has 78 valence electrons. The summed E-state index contributed by atoms with van der Waals surface area (Å²) in [4.78, 5) is 0. The molecule has 2 rings (SSSR count). The molecule has 2 aromatic rings.